The molecule has 2 fully saturated rings. The highest BCUT2D eigenvalue weighted by Gasteiger charge is 2.30. The molecular weight excluding hydrogens is 356 g/mol. The van der Waals surface area contributed by atoms with Crippen LogP contribution in [0.25, 0.3) is 0 Å². The Morgan fingerprint density at radius 2 is 1.85 bits per heavy atom. The van der Waals surface area contributed by atoms with Crippen LogP contribution < -0.4 is 16.0 Å². The van der Waals surface area contributed by atoms with Gasteiger partial charge in [-0.15, -0.1) is 12.4 Å². The third-order valence-electron chi connectivity index (χ3n) is 4.69. The molecule has 0 bridgehead atoms. The summed E-state index contributed by atoms with van der Waals surface area (Å²) in [6.07, 6.45) is 0.759. The summed E-state index contributed by atoms with van der Waals surface area (Å²) in [5.41, 5.74) is 1.56. The van der Waals surface area contributed by atoms with Gasteiger partial charge in [0.25, 0.3) is 5.91 Å². The van der Waals surface area contributed by atoms with Gasteiger partial charge in [-0.25, -0.2) is 0 Å². The maximum atomic E-state index is 12.2. The molecule has 2 aliphatic rings. The van der Waals surface area contributed by atoms with Crippen molar-refractivity contribution in [1.29, 1.82) is 0 Å². The van der Waals surface area contributed by atoms with E-state index in [0.717, 1.165) is 38.3 Å². The van der Waals surface area contributed by atoms with Crippen LogP contribution in [-0.2, 0) is 16.0 Å². The maximum Gasteiger partial charge on any atom is 0.251 e. The quantitative estimate of drug-likeness (QED) is 0.602. The molecule has 1 aromatic rings. The van der Waals surface area contributed by atoms with Crippen molar-refractivity contribution in [3.8, 4) is 0 Å². The third-order valence-corrected chi connectivity index (χ3v) is 4.69. The lowest BCUT2D eigenvalue weighted by Gasteiger charge is -2.27. The fraction of sp³-hybridized carbons (Fsp3) is 0.500. The number of amides is 3. The van der Waals surface area contributed by atoms with E-state index in [1.807, 2.05) is 12.1 Å². The zero-order chi connectivity index (χ0) is 17.6. The number of rotatable bonds is 6. The van der Waals surface area contributed by atoms with E-state index in [1.165, 1.54) is 0 Å². The average molecular weight is 381 g/mol. The zero-order valence-corrected chi connectivity index (χ0v) is 15.4. The highest BCUT2D eigenvalue weighted by molar-refractivity contribution is 6.03. The topological polar surface area (TPSA) is 90.5 Å². The molecule has 2 saturated heterocycles. The monoisotopic (exact) mass is 380 g/mol. The molecule has 142 valence electrons. The van der Waals surface area contributed by atoms with E-state index in [2.05, 4.69) is 20.9 Å². The SMILES string of the molecule is Cl.O=C1CC(Cc2ccc(C(=O)NCCN3CCNCC3)cc2)C(=O)N1. The molecule has 8 heteroatoms. The van der Waals surface area contributed by atoms with Crippen LogP contribution in [0.1, 0.15) is 22.3 Å². The molecule has 0 aliphatic carbocycles. The predicted octanol–water partition coefficient (Wildman–Crippen LogP) is -0.0514. The van der Waals surface area contributed by atoms with Gasteiger partial charge in [0.15, 0.2) is 0 Å². The van der Waals surface area contributed by atoms with Crippen LogP contribution in [0.15, 0.2) is 24.3 Å². The molecule has 3 N–H and O–H groups in total. The number of piperazine rings is 1. The summed E-state index contributed by atoms with van der Waals surface area (Å²) in [5.74, 6) is -0.808. The number of imide groups is 1. The smallest absolute Gasteiger partial charge is 0.251 e. The van der Waals surface area contributed by atoms with E-state index in [4.69, 9.17) is 0 Å². The lowest BCUT2D eigenvalue weighted by Crippen LogP contribution is -2.46. The summed E-state index contributed by atoms with van der Waals surface area (Å²) in [4.78, 5) is 37.3. The molecule has 3 rings (SSSR count). The van der Waals surface area contributed by atoms with Crippen LogP contribution in [-0.4, -0.2) is 61.9 Å². The molecule has 1 atom stereocenters. The molecule has 3 amide bonds. The van der Waals surface area contributed by atoms with Crippen LogP contribution in [0.5, 0.6) is 0 Å². The standard InChI is InChI=1S/C18H24N4O3.ClH/c23-16-12-15(18(25)21-16)11-13-1-3-14(4-2-13)17(24)20-7-10-22-8-5-19-6-9-22;/h1-4,15,19H,5-12H2,(H,20,24)(H,21,23,25);1H. The Bertz CT molecular complexity index is 644. The van der Waals surface area contributed by atoms with Crippen molar-refractivity contribution in [1.82, 2.24) is 20.9 Å². The number of hydrogen-bond donors (Lipinski definition) is 3. The van der Waals surface area contributed by atoms with Crippen LogP contribution >= 0.6 is 12.4 Å². The lowest BCUT2D eigenvalue weighted by atomic mass is 9.97. The minimum absolute atomic E-state index is 0. The van der Waals surface area contributed by atoms with Gasteiger partial charge in [-0.05, 0) is 24.1 Å². The molecule has 1 unspecified atom stereocenters. The molecule has 2 heterocycles. The first-order valence-electron chi connectivity index (χ1n) is 8.76. The van der Waals surface area contributed by atoms with Crippen molar-refractivity contribution < 1.29 is 14.4 Å². The average Bonchev–Trinajstić information content (AvgIpc) is 2.93. The Balaban J connectivity index is 0.00000243. The Labute approximate surface area is 159 Å². The van der Waals surface area contributed by atoms with Gasteiger partial charge >= 0.3 is 0 Å². The highest BCUT2D eigenvalue weighted by Crippen LogP contribution is 2.17. The maximum absolute atomic E-state index is 12.2. The van der Waals surface area contributed by atoms with Crippen molar-refractivity contribution in [3.63, 3.8) is 0 Å². The fourth-order valence-electron chi connectivity index (χ4n) is 3.21. The second-order valence-electron chi connectivity index (χ2n) is 6.56. The molecule has 1 aromatic carbocycles. The number of carbonyl (C=O) groups is 3. The Morgan fingerprint density at radius 1 is 1.15 bits per heavy atom. The third kappa shape index (κ3) is 5.52. The van der Waals surface area contributed by atoms with Gasteiger partial charge in [-0.1, -0.05) is 12.1 Å². The predicted molar refractivity (Wildman–Crippen MR) is 100 cm³/mol. The van der Waals surface area contributed by atoms with Gasteiger partial charge < -0.3 is 10.6 Å². The number of benzene rings is 1. The first-order chi connectivity index (χ1) is 12.1. The van der Waals surface area contributed by atoms with Crippen LogP contribution in [0, 0.1) is 5.92 Å². The second-order valence-corrected chi connectivity index (χ2v) is 6.56. The second kappa shape index (κ2) is 9.66. The fourth-order valence-corrected chi connectivity index (χ4v) is 3.21. The highest BCUT2D eigenvalue weighted by atomic mass is 35.5. The lowest BCUT2D eigenvalue weighted by molar-refractivity contribution is -0.125. The summed E-state index contributed by atoms with van der Waals surface area (Å²) in [5, 5.41) is 8.56. The van der Waals surface area contributed by atoms with E-state index in [1.54, 1.807) is 12.1 Å². The van der Waals surface area contributed by atoms with E-state index in [-0.39, 0.29) is 42.5 Å². The molecule has 0 spiro atoms. The normalized spacial score (nSPS) is 20.4. The van der Waals surface area contributed by atoms with Crippen molar-refractivity contribution in [2.75, 3.05) is 39.3 Å². The summed E-state index contributed by atoms with van der Waals surface area (Å²) in [7, 11) is 0. The van der Waals surface area contributed by atoms with Gasteiger partial charge in [-0.3, -0.25) is 24.6 Å². The molecule has 0 aromatic heterocycles. The summed E-state index contributed by atoms with van der Waals surface area (Å²) < 4.78 is 0. The van der Waals surface area contributed by atoms with E-state index >= 15 is 0 Å². The van der Waals surface area contributed by atoms with Gasteiger partial charge in [-0.2, -0.15) is 0 Å². The van der Waals surface area contributed by atoms with E-state index in [9.17, 15) is 14.4 Å². The summed E-state index contributed by atoms with van der Waals surface area (Å²) in [6, 6.07) is 7.23. The van der Waals surface area contributed by atoms with Gasteiger partial charge in [0.1, 0.15) is 0 Å². The van der Waals surface area contributed by atoms with Crippen molar-refractivity contribution in [3.05, 3.63) is 35.4 Å². The van der Waals surface area contributed by atoms with E-state index in [0.29, 0.717) is 18.5 Å². The van der Waals surface area contributed by atoms with Gasteiger partial charge in [0.05, 0.1) is 5.92 Å². The first-order valence-corrected chi connectivity index (χ1v) is 8.76. The number of nitrogens with one attached hydrogen (secondary N) is 3. The summed E-state index contributed by atoms with van der Waals surface area (Å²) in [6.45, 7) is 5.52. The zero-order valence-electron chi connectivity index (χ0n) is 14.6. The van der Waals surface area contributed by atoms with Gasteiger partial charge in [0, 0.05) is 51.3 Å². The van der Waals surface area contributed by atoms with E-state index < -0.39 is 0 Å². The molecule has 2 aliphatic heterocycles. The Kier molecular flexibility index (Phi) is 7.56. The number of nitrogens with zero attached hydrogens (tertiary/aromatic N) is 1. The number of halogens is 1. The molecule has 0 saturated carbocycles. The summed E-state index contributed by atoms with van der Waals surface area (Å²) >= 11 is 0. The number of carbonyl (C=O) groups excluding carboxylic acids is 3. The Hall–Kier alpha value is -1.96. The molecular formula is C18H25ClN4O3. The molecule has 7 nitrogen and oxygen atoms in total. The largest absolute Gasteiger partial charge is 0.351 e. The van der Waals surface area contributed by atoms with Crippen molar-refractivity contribution in [2.24, 2.45) is 5.92 Å². The van der Waals surface area contributed by atoms with Crippen LogP contribution in [0.2, 0.25) is 0 Å². The van der Waals surface area contributed by atoms with Crippen molar-refractivity contribution in [2.45, 2.75) is 12.8 Å². The van der Waals surface area contributed by atoms with Crippen LogP contribution in [0.4, 0.5) is 0 Å². The first kappa shape index (κ1) is 20.4. The Morgan fingerprint density at radius 3 is 2.46 bits per heavy atom. The van der Waals surface area contributed by atoms with Gasteiger partial charge in [0.2, 0.25) is 11.8 Å². The molecule has 26 heavy (non-hydrogen) atoms. The number of hydrogen-bond acceptors (Lipinski definition) is 5. The molecule has 0 radical (unpaired) electrons. The minimum Gasteiger partial charge on any atom is -0.351 e. The van der Waals surface area contributed by atoms with Crippen molar-refractivity contribution >= 4 is 30.1 Å². The van der Waals surface area contributed by atoms with Crippen LogP contribution in [0.3, 0.4) is 0 Å². The minimum atomic E-state index is -0.300.